The Labute approximate surface area is 201 Å². The summed E-state index contributed by atoms with van der Waals surface area (Å²) in [6.45, 7) is 6.80. The number of carbonyl (C=O) groups excluding carboxylic acids is 1. The van der Waals surface area contributed by atoms with Gasteiger partial charge < -0.3 is 19.5 Å². The number of amides is 1. The Morgan fingerprint density at radius 1 is 1.32 bits per heavy atom. The first-order chi connectivity index (χ1) is 16.2. The number of ether oxygens (including phenoxy) is 2. The summed E-state index contributed by atoms with van der Waals surface area (Å²) in [5, 5.41) is 13.6. The summed E-state index contributed by atoms with van der Waals surface area (Å²) in [4.78, 5) is 30.0. The van der Waals surface area contributed by atoms with E-state index in [9.17, 15) is 14.7 Å². The number of hydrogen-bond donors (Lipinski definition) is 1. The third kappa shape index (κ3) is 6.27. The van der Waals surface area contributed by atoms with Gasteiger partial charge in [0.1, 0.15) is 12.4 Å². The van der Waals surface area contributed by atoms with Gasteiger partial charge in [0.2, 0.25) is 0 Å². The van der Waals surface area contributed by atoms with Crippen LogP contribution in [-0.2, 0) is 23.2 Å². The van der Waals surface area contributed by atoms with Crippen molar-refractivity contribution < 1.29 is 24.2 Å². The molecule has 1 amide bonds. The number of carbonyl (C=O) groups is 2. The lowest BCUT2D eigenvalue weighted by atomic mass is 9.87. The second-order valence-corrected chi connectivity index (χ2v) is 9.30. The number of nitrogens with zero attached hydrogens (tertiary/aromatic N) is 4. The number of aliphatic carboxylic acids is 1. The predicted molar refractivity (Wildman–Crippen MR) is 127 cm³/mol. The van der Waals surface area contributed by atoms with Gasteiger partial charge in [-0.2, -0.15) is 5.10 Å². The average molecular weight is 473 g/mol. The zero-order chi connectivity index (χ0) is 24.8. The van der Waals surface area contributed by atoms with E-state index in [0.29, 0.717) is 36.7 Å². The maximum atomic E-state index is 12.4. The Hall–Kier alpha value is -3.10. The van der Waals surface area contributed by atoms with Gasteiger partial charge in [-0.3, -0.25) is 9.48 Å². The Morgan fingerprint density at radius 3 is 2.76 bits per heavy atom. The lowest BCUT2D eigenvalue weighted by Gasteiger charge is -2.27. The first-order valence-corrected chi connectivity index (χ1v) is 12.0. The number of rotatable bonds is 9. The van der Waals surface area contributed by atoms with Crippen LogP contribution in [0.2, 0.25) is 0 Å². The van der Waals surface area contributed by atoms with Crippen molar-refractivity contribution in [2.45, 2.75) is 65.6 Å². The molecule has 1 aliphatic carbocycles. The molecule has 0 radical (unpaired) electrons. The SMILES string of the molecule is CC[C@H](C)CN(C)C(=O)OCc1c(-c2ccc(O[C@H]3CCC[C@H](C(=O)O)C3)c(C)n2)cnn1C. The van der Waals surface area contributed by atoms with E-state index >= 15 is 0 Å². The zero-order valence-electron chi connectivity index (χ0n) is 20.8. The van der Waals surface area contributed by atoms with Gasteiger partial charge in [0, 0.05) is 26.2 Å². The molecule has 1 N–H and O–H groups in total. The predicted octanol–water partition coefficient (Wildman–Crippen LogP) is 4.43. The van der Waals surface area contributed by atoms with Crippen molar-refractivity contribution >= 4 is 12.1 Å². The summed E-state index contributed by atoms with van der Waals surface area (Å²) < 4.78 is 13.4. The van der Waals surface area contributed by atoms with Crippen molar-refractivity contribution in [3.8, 4) is 17.0 Å². The Morgan fingerprint density at radius 2 is 2.09 bits per heavy atom. The van der Waals surface area contributed by atoms with Gasteiger partial charge >= 0.3 is 12.1 Å². The van der Waals surface area contributed by atoms with Crippen LogP contribution < -0.4 is 4.74 Å². The van der Waals surface area contributed by atoms with E-state index in [-0.39, 0.29) is 24.7 Å². The highest BCUT2D eigenvalue weighted by atomic mass is 16.6. The minimum Gasteiger partial charge on any atom is -0.489 e. The minimum atomic E-state index is -0.755. The smallest absolute Gasteiger partial charge is 0.409 e. The van der Waals surface area contributed by atoms with E-state index in [1.165, 1.54) is 0 Å². The maximum absolute atomic E-state index is 12.4. The van der Waals surface area contributed by atoms with Gasteiger partial charge in [0.15, 0.2) is 0 Å². The molecule has 0 aromatic carbocycles. The van der Waals surface area contributed by atoms with E-state index in [0.717, 1.165) is 36.2 Å². The molecule has 0 unspecified atom stereocenters. The van der Waals surface area contributed by atoms with E-state index in [2.05, 4.69) is 18.9 Å². The lowest BCUT2D eigenvalue weighted by Crippen LogP contribution is -2.31. The number of aromatic nitrogens is 3. The monoisotopic (exact) mass is 472 g/mol. The van der Waals surface area contributed by atoms with Crippen LogP contribution in [0, 0.1) is 18.8 Å². The minimum absolute atomic E-state index is 0.0904. The van der Waals surface area contributed by atoms with Crippen LogP contribution in [0.1, 0.15) is 57.3 Å². The zero-order valence-corrected chi connectivity index (χ0v) is 20.8. The Bertz CT molecular complexity index is 1010. The second kappa shape index (κ2) is 11.4. The Kier molecular flexibility index (Phi) is 8.52. The molecule has 1 saturated carbocycles. The van der Waals surface area contributed by atoms with E-state index in [4.69, 9.17) is 14.5 Å². The summed E-state index contributed by atoms with van der Waals surface area (Å²) in [5.41, 5.74) is 2.97. The average Bonchev–Trinajstić information content (AvgIpc) is 3.18. The highest BCUT2D eigenvalue weighted by Crippen LogP contribution is 2.31. The normalized spacial score (nSPS) is 18.9. The molecule has 2 heterocycles. The molecule has 0 spiro atoms. The van der Waals surface area contributed by atoms with E-state index < -0.39 is 5.97 Å². The molecule has 3 rings (SSSR count). The van der Waals surface area contributed by atoms with Crippen molar-refractivity contribution in [1.29, 1.82) is 0 Å². The fourth-order valence-corrected chi connectivity index (χ4v) is 4.24. The van der Waals surface area contributed by atoms with Gasteiger partial charge in [-0.05, 0) is 50.7 Å². The van der Waals surface area contributed by atoms with Crippen molar-refractivity contribution in [2.24, 2.45) is 18.9 Å². The fraction of sp³-hybridized carbons (Fsp3) is 0.600. The van der Waals surface area contributed by atoms with E-state index in [1.807, 2.05) is 26.1 Å². The van der Waals surface area contributed by atoms with Crippen molar-refractivity contribution in [1.82, 2.24) is 19.7 Å². The molecule has 3 atom stereocenters. The van der Waals surface area contributed by atoms with Crippen LogP contribution in [0.4, 0.5) is 4.79 Å². The number of carboxylic acid groups (broad SMARTS) is 1. The lowest BCUT2D eigenvalue weighted by molar-refractivity contribution is -0.143. The van der Waals surface area contributed by atoms with Gasteiger partial charge in [-0.15, -0.1) is 0 Å². The highest BCUT2D eigenvalue weighted by Gasteiger charge is 2.28. The maximum Gasteiger partial charge on any atom is 0.409 e. The number of aryl methyl sites for hydroxylation is 2. The van der Waals surface area contributed by atoms with Crippen LogP contribution in [0.25, 0.3) is 11.3 Å². The molecule has 9 nitrogen and oxygen atoms in total. The third-order valence-corrected chi connectivity index (χ3v) is 6.57. The molecule has 9 heteroatoms. The Balaban J connectivity index is 1.68. The van der Waals surface area contributed by atoms with Crippen LogP contribution in [0.15, 0.2) is 18.3 Å². The van der Waals surface area contributed by atoms with Crippen LogP contribution in [0.5, 0.6) is 5.75 Å². The first-order valence-electron chi connectivity index (χ1n) is 12.0. The van der Waals surface area contributed by atoms with Gasteiger partial charge in [-0.1, -0.05) is 20.3 Å². The summed E-state index contributed by atoms with van der Waals surface area (Å²) >= 11 is 0. The molecule has 2 aromatic heterocycles. The molecule has 34 heavy (non-hydrogen) atoms. The van der Waals surface area contributed by atoms with Crippen LogP contribution in [-0.4, -0.2) is 56.5 Å². The number of pyridine rings is 1. The molecule has 2 aromatic rings. The molecule has 1 aliphatic rings. The summed E-state index contributed by atoms with van der Waals surface area (Å²) in [7, 11) is 3.55. The largest absolute Gasteiger partial charge is 0.489 e. The topological polar surface area (TPSA) is 107 Å². The van der Waals surface area contributed by atoms with Crippen molar-refractivity contribution in [3.05, 3.63) is 29.7 Å². The molecule has 1 fully saturated rings. The molecular formula is C25H36N4O5. The third-order valence-electron chi connectivity index (χ3n) is 6.57. The highest BCUT2D eigenvalue weighted by molar-refractivity contribution is 5.70. The summed E-state index contributed by atoms with van der Waals surface area (Å²) in [6.07, 6.45) is 5.12. The van der Waals surface area contributed by atoms with Crippen LogP contribution in [0.3, 0.4) is 0 Å². The quantitative estimate of drug-likeness (QED) is 0.575. The number of carboxylic acids is 1. The standard InChI is InChI=1S/C25H36N4O5/c1-6-16(2)14-28(4)25(32)33-15-22-20(13-26-29(22)5)21-10-11-23(17(3)27-21)34-19-9-7-8-18(12-19)24(30)31/h10-11,13,16,18-19H,6-9,12,14-15H2,1-5H3,(H,30,31)/t16-,18-,19-/m0/s1. The molecule has 0 bridgehead atoms. The molecular weight excluding hydrogens is 436 g/mol. The van der Waals surface area contributed by atoms with Gasteiger partial charge in [0.25, 0.3) is 0 Å². The molecule has 0 aliphatic heterocycles. The molecule has 186 valence electrons. The molecule has 0 saturated heterocycles. The fourth-order valence-electron chi connectivity index (χ4n) is 4.24. The second-order valence-electron chi connectivity index (χ2n) is 9.30. The van der Waals surface area contributed by atoms with Crippen molar-refractivity contribution in [3.63, 3.8) is 0 Å². The van der Waals surface area contributed by atoms with E-state index in [1.54, 1.807) is 22.8 Å². The van der Waals surface area contributed by atoms with Gasteiger partial charge in [0.05, 0.1) is 35.3 Å². The van der Waals surface area contributed by atoms with Crippen LogP contribution >= 0.6 is 0 Å². The van der Waals surface area contributed by atoms with Gasteiger partial charge in [-0.25, -0.2) is 9.78 Å². The summed E-state index contributed by atoms with van der Waals surface area (Å²) in [6, 6.07) is 3.72. The summed E-state index contributed by atoms with van der Waals surface area (Å²) in [5.74, 6) is -0.0461. The number of hydrogen-bond acceptors (Lipinski definition) is 6. The first kappa shape index (κ1) is 25.5. The van der Waals surface area contributed by atoms with Crippen molar-refractivity contribution in [2.75, 3.05) is 13.6 Å².